The van der Waals surface area contributed by atoms with Crippen LogP contribution >= 0.6 is 24.0 Å². The summed E-state index contributed by atoms with van der Waals surface area (Å²) in [4.78, 5) is 14.5. The molecule has 1 aliphatic rings. The summed E-state index contributed by atoms with van der Waals surface area (Å²) in [7, 11) is 0. The summed E-state index contributed by atoms with van der Waals surface area (Å²) >= 11 is 6.20. The van der Waals surface area contributed by atoms with Crippen molar-refractivity contribution in [3.63, 3.8) is 0 Å². The van der Waals surface area contributed by atoms with Crippen LogP contribution in [0.1, 0.15) is 24.4 Å². The molecule has 2 aromatic rings. The number of benzene rings is 2. The molecule has 0 radical (unpaired) electrons. The highest BCUT2D eigenvalue weighted by molar-refractivity contribution is 6.32. The predicted octanol–water partition coefficient (Wildman–Crippen LogP) is 3.97. The lowest BCUT2D eigenvalue weighted by molar-refractivity contribution is -0.119. The Morgan fingerprint density at radius 2 is 1.96 bits per heavy atom. The minimum atomic E-state index is -0.324. The standard InChI is InChI=1S/C18H19ClN2O2.ClH/c19-14-8-4-9-16-18(14)23-11-5-10-21(16)17(22)12-15(20)13-6-2-1-3-7-13;/h1-4,6-9,15H,5,10-12,20H2;1H/t15-;/m0./s1. The van der Waals surface area contributed by atoms with Gasteiger partial charge in [-0.3, -0.25) is 4.79 Å². The Balaban J connectivity index is 0.00000208. The lowest BCUT2D eigenvalue weighted by Crippen LogP contribution is -2.33. The van der Waals surface area contributed by atoms with Crippen LogP contribution in [-0.2, 0) is 4.79 Å². The van der Waals surface area contributed by atoms with Crippen molar-refractivity contribution in [2.45, 2.75) is 18.9 Å². The van der Waals surface area contributed by atoms with Crippen molar-refractivity contribution in [2.24, 2.45) is 5.73 Å². The molecule has 0 spiro atoms. The number of halogens is 2. The molecule has 0 aliphatic carbocycles. The van der Waals surface area contributed by atoms with Crippen molar-refractivity contribution in [2.75, 3.05) is 18.1 Å². The summed E-state index contributed by atoms with van der Waals surface area (Å²) in [5.74, 6) is 0.559. The van der Waals surface area contributed by atoms with Crippen molar-refractivity contribution in [3.8, 4) is 5.75 Å². The number of rotatable bonds is 3. The maximum Gasteiger partial charge on any atom is 0.229 e. The van der Waals surface area contributed by atoms with Crippen molar-refractivity contribution in [1.82, 2.24) is 0 Å². The van der Waals surface area contributed by atoms with E-state index in [1.807, 2.05) is 42.5 Å². The molecular weight excluding hydrogens is 347 g/mol. The fourth-order valence-electron chi connectivity index (χ4n) is 2.75. The molecule has 0 saturated carbocycles. The monoisotopic (exact) mass is 366 g/mol. The number of anilines is 1. The molecule has 1 heterocycles. The van der Waals surface area contributed by atoms with E-state index in [0.29, 0.717) is 23.9 Å². The summed E-state index contributed by atoms with van der Waals surface area (Å²) in [6.45, 7) is 1.15. The number of carbonyl (C=O) groups is 1. The van der Waals surface area contributed by atoms with Gasteiger partial charge < -0.3 is 15.4 Å². The number of para-hydroxylation sites is 1. The molecule has 0 fully saturated rings. The van der Waals surface area contributed by atoms with Gasteiger partial charge in [-0.05, 0) is 24.1 Å². The summed E-state index contributed by atoms with van der Waals surface area (Å²) in [5, 5.41) is 0.523. The van der Waals surface area contributed by atoms with Crippen LogP contribution in [0.15, 0.2) is 48.5 Å². The number of nitrogens with zero attached hydrogens (tertiary/aromatic N) is 1. The van der Waals surface area contributed by atoms with Crippen molar-refractivity contribution < 1.29 is 9.53 Å². The minimum Gasteiger partial charge on any atom is -0.490 e. The van der Waals surface area contributed by atoms with Crippen LogP contribution in [-0.4, -0.2) is 19.1 Å². The highest BCUT2D eigenvalue weighted by Gasteiger charge is 2.25. The Morgan fingerprint density at radius 3 is 2.71 bits per heavy atom. The van der Waals surface area contributed by atoms with E-state index in [-0.39, 0.29) is 30.8 Å². The lowest BCUT2D eigenvalue weighted by Gasteiger charge is -2.24. The number of fused-ring (bicyclic) bond motifs is 1. The normalized spacial score (nSPS) is 14.7. The number of hydrogen-bond donors (Lipinski definition) is 1. The molecule has 4 nitrogen and oxygen atoms in total. The van der Waals surface area contributed by atoms with Crippen LogP contribution in [0.3, 0.4) is 0 Å². The van der Waals surface area contributed by atoms with Gasteiger partial charge in [0.05, 0.1) is 17.3 Å². The van der Waals surface area contributed by atoms with Crippen LogP contribution < -0.4 is 15.4 Å². The molecule has 0 unspecified atom stereocenters. The Kier molecular flexibility index (Phi) is 6.49. The Morgan fingerprint density at radius 1 is 1.21 bits per heavy atom. The van der Waals surface area contributed by atoms with Crippen LogP contribution in [0.4, 0.5) is 5.69 Å². The van der Waals surface area contributed by atoms with Gasteiger partial charge in [-0.25, -0.2) is 0 Å². The maximum atomic E-state index is 12.8. The van der Waals surface area contributed by atoms with Crippen LogP contribution in [0.5, 0.6) is 5.75 Å². The van der Waals surface area contributed by atoms with Crippen LogP contribution in [0.2, 0.25) is 5.02 Å². The smallest absolute Gasteiger partial charge is 0.229 e. The summed E-state index contributed by atoms with van der Waals surface area (Å²) in [6.07, 6.45) is 1.01. The predicted molar refractivity (Wildman–Crippen MR) is 99.2 cm³/mol. The quantitative estimate of drug-likeness (QED) is 0.893. The van der Waals surface area contributed by atoms with E-state index < -0.39 is 0 Å². The van der Waals surface area contributed by atoms with E-state index in [0.717, 1.165) is 17.7 Å². The third kappa shape index (κ3) is 4.01. The highest BCUT2D eigenvalue weighted by Crippen LogP contribution is 2.37. The molecule has 24 heavy (non-hydrogen) atoms. The molecule has 2 N–H and O–H groups in total. The van der Waals surface area contributed by atoms with Gasteiger partial charge in [0.15, 0.2) is 5.75 Å². The zero-order valence-electron chi connectivity index (χ0n) is 13.2. The second-order valence-corrected chi connectivity index (χ2v) is 5.96. The van der Waals surface area contributed by atoms with E-state index >= 15 is 0 Å². The summed E-state index contributed by atoms with van der Waals surface area (Å²) < 4.78 is 5.69. The van der Waals surface area contributed by atoms with Crippen LogP contribution in [0, 0.1) is 0 Å². The third-order valence-electron chi connectivity index (χ3n) is 3.93. The Labute approximate surface area is 153 Å². The Bertz CT molecular complexity index is 695. The molecule has 1 aliphatic heterocycles. The average molecular weight is 367 g/mol. The molecule has 3 rings (SSSR count). The fourth-order valence-corrected chi connectivity index (χ4v) is 2.97. The molecule has 0 aromatic heterocycles. The van der Waals surface area contributed by atoms with E-state index in [1.54, 1.807) is 11.0 Å². The van der Waals surface area contributed by atoms with Gasteiger partial charge in [-0.1, -0.05) is 48.0 Å². The van der Waals surface area contributed by atoms with E-state index in [4.69, 9.17) is 22.1 Å². The van der Waals surface area contributed by atoms with Gasteiger partial charge in [0.25, 0.3) is 0 Å². The highest BCUT2D eigenvalue weighted by atomic mass is 35.5. The van der Waals surface area contributed by atoms with E-state index in [9.17, 15) is 4.79 Å². The molecule has 6 heteroatoms. The van der Waals surface area contributed by atoms with E-state index in [2.05, 4.69) is 0 Å². The van der Waals surface area contributed by atoms with Gasteiger partial charge in [-0.2, -0.15) is 0 Å². The van der Waals surface area contributed by atoms with Gasteiger partial charge in [0.1, 0.15) is 0 Å². The number of hydrogen-bond acceptors (Lipinski definition) is 3. The number of ether oxygens (including phenoxy) is 1. The molecule has 1 atom stereocenters. The SMILES string of the molecule is Cl.N[C@@H](CC(=O)N1CCCOc2c(Cl)cccc21)c1ccccc1. The second kappa shape index (κ2) is 8.38. The first kappa shape index (κ1) is 18.6. The van der Waals surface area contributed by atoms with Crippen molar-refractivity contribution in [1.29, 1.82) is 0 Å². The van der Waals surface area contributed by atoms with E-state index in [1.165, 1.54) is 0 Å². The second-order valence-electron chi connectivity index (χ2n) is 5.56. The molecule has 2 aromatic carbocycles. The zero-order valence-corrected chi connectivity index (χ0v) is 14.7. The van der Waals surface area contributed by atoms with Crippen molar-refractivity contribution >= 4 is 35.6 Å². The van der Waals surface area contributed by atoms with Crippen molar-refractivity contribution in [3.05, 3.63) is 59.1 Å². The average Bonchev–Trinajstić information content (AvgIpc) is 2.79. The number of carbonyl (C=O) groups excluding carboxylic acids is 1. The number of nitrogens with two attached hydrogens (primary N) is 1. The first-order valence-electron chi connectivity index (χ1n) is 7.69. The molecule has 0 bridgehead atoms. The van der Waals surface area contributed by atoms with Gasteiger partial charge in [0, 0.05) is 19.0 Å². The minimum absolute atomic E-state index is 0. The summed E-state index contributed by atoms with van der Waals surface area (Å²) in [6, 6.07) is 14.8. The first-order valence-corrected chi connectivity index (χ1v) is 8.07. The van der Waals surface area contributed by atoms with Gasteiger partial charge >= 0.3 is 0 Å². The molecule has 1 amide bonds. The van der Waals surface area contributed by atoms with Gasteiger partial charge in [-0.15, -0.1) is 12.4 Å². The topological polar surface area (TPSA) is 55.6 Å². The first-order chi connectivity index (χ1) is 11.2. The molecular formula is C18H20Cl2N2O2. The summed E-state index contributed by atoms with van der Waals surface area (Å²) in [5.41, 5.74) is 7.87. The number of amides is 1. The Hall–Kier alpha value is -1.75. The van der Waals surface area contributed by atoms with Gasteiger partial charge in [0.2, 0.25) is 5.91 Å². The lowest BCUT2D eigenvalue weighted by atomic mass is 10.0. The molecule has 0 saturated heterocycles. The third-order valence-corrected chi connectivity index (χ3v) is 4.23. The zero-order chi connectivity index (χ0) is 16.2. The largest absolute Gasteiger partial charge is 0.490 e. The van der Waals surface area contributed by atoms with Crippen LogP contribution in [0.25, 0.3) is 0 Å². The fraction of sp³-hybridized carbons (Fsp3) is 0.278. The maximum absolute atomic E-state index is 12.8. The molecule has 128 valence electrons.